The van der Waals surface area contributed by atoms with Gasteiger partial charge in [0, 0.05) is 12.1 Å². The lowest BCUT2D eigenvalue weighted by atomic mass is 9.83. The molecule has 3 rings (SSSR count). The van der Waals surface area contributed by atoms with Gasteiger partial charge in [-0.1, -0.05) is 37.5 Å². The number of benzene rings is 1. The SMILES string of the molecule is Cc1ccccc1OCC(=O)N1N=C(C2CCCCC2)CC1(O)C(F)(F)F. The first-order chi connectivity index (χ1) is 12.7. The number of carbonyl (C=O) groups is 1. The van der Waals surface area contributed by atoms with Crippen molar-refractivity contribution in [1.82, 2.24) is 5.01 Å². The van der Waals surface area contributed by atoms with Crippen LogP contribution in [0.3, 0.4) is 0 Å². The molecule has 1 amide bonds. The third kappa shape index (κ3) is 3.95. The van der Waals surface area contributed by atoms with Crippen LogP contribution < -0.4 is 4.74 Å². The summed E-state index contributed by atoms with van der Waals surface area (Å²) in [5, 5.41) is 14.4. The summed E-state index contributed by atoms with van der Waals surface area (Å²) in [6.45, 7) is 1.13. The predicted molar refractivity (Wildman–Crippen MR) is 93.2 cm³/mol. The zero-order chi connectivity index (χ0) is 19.7. The van der Waals surface area contributed by atoms with E-state index in [0.717, 1.165) is 37.7 Å². The van der Waals surface area contributed by atoms with Crippen molar-refractivity contribution in [3.63, 3.8) is 0 Å². The van der Waals surface area contributed by atoms with Crippen molar-refractivity contribution in [2.24, 2.45) is 11.0 Å². The van der Waals surface area contributed by atoms with Gasteiger partial charge in [-0.3, -0.25) is 4.79 Å². The summed E-state index contributed by atoms with van der Waals surface area (Å²) >= 11 is 0. The highest BCUT2D eigenvalue weighted by Crippen LogP contribution is 2.43. The van der Waals surface area contributed by atoms with Crippen molar-refractivity contribution in [1.29, 1.82) is 0 Å². The number of para-hydroxylation sites is 1. The molecule has 1 fully saturated rings. The third-order valence-electron chi connectivity index (χ3n) is 5.22. The lowest BCUT2D eigenvalue weighted by Crippen LogP contribution is -2.57. The third-order valence-corrected chi connectivity index (χ3v) is 5.22. The van der Waals surface area contributed by atoms with Gasteiger partial charge in [0.1, 0.15) is 5.75 Å². The Labute approximate surface area is 155 Å². The Morgan fingerprint density at radius 1 is 1.30 bits per heavy atom. The molecule has 1 unspecified atom stereocenters. The molecule has 0 radical (unpaired) electrons. The maximum atomic E-state index is 13.6. The zero-order valence-corrected chi connectivity index (χ0v) is 15.1. The Kier molecular flexibility index (Phi) is 5.46. The van der Waals surface area contributed by atoms with Gasteiger partial charge in [0.2, 0.25) is 0 Å². The summed E-state index contributed by atoms with van der Waals surface area (Å²) in [6.07, 6.45) is -1.37. The fourth-order valence-electron chi connectivity index (χ4n) is 3.64. The predicted octanol–water partition coefficient (Wildman–Crippen LogP) is 3.79. The molecule has 1 N–H and O–H groups in total. The average molecular weight is 384 g/mol. The summed E-state index contributed by atoms with van der Waals surface area (Å²) in [5.41, 5.74) is -2.31. The van der Waals surface area contributed by atoms with Crippen LogP contribution in [0.15, 0.2) is 29.4 Å². The molecule has 1 aliphatic carbocycles. The van der Waals surface area contributed by atoms with Gasteiger partial charge in [0.15, 0.2) is 6.61 Å². The number of amides is 1. The molecule has 1 aromatic rings. The number of ether oxygens (including phenoxy) is 1. The van der Waals surface area contributed by atoms with E-state index in [9.17, 15) is 23.1 Å². The zero-order valence-electron chi connectivity index (χ0n) is 15.1. The van der Waals surface area contributed by atoms with Gasteiger partial charge in [0.05, 0.1) is 0 Å². The van der Waals surface area contributed by atoms with Gasteiger partial charge >= 0.3 is 6.18 Å². The fourth-order valence-corrected chi connectivity index (χ4v) is 3.64. The molecule has 1 heterocycles. The Hall–Kier alpha value is -2.09. The Morgan fingerprint density at radius 3 is 2.59 bits per heavy atom. The van der Waals surface area contributed by atoms with Gasteiger partial charge in [0.25, 0.3) is 11.6 Å². The van der Waals surface area contributed by atoms with Crippen LogP contribution >= 0.6 is 0 Å². The first-order valence-electron chi connectivity index (χ1n) is 9.10. The van der Waals surface area contributed by atoms with Crippen LogP contribution in [0.4, 0.5) is 13.2 Å². The molecule has 2 aliphatic rings. The van der Waals surface area contributed by atoms with Crippen molar-refractivity contribution in [3.05, 3.63) is 29.8 Å². The summed E-state index contributed by atoms with van der Waals surface area (Å²) < 4.78 is 46.1. The number of hydrogen-bond acceptors (Lipinski definition) is 4. The number of nitrogens with zero attached hydrogens (tertiary/aromatic N) is 2. The minimum Gasteiger partial charge on any atom is -0.483 e. The van der Waals surface area contributed by atoms with Crippen molar-refractivity contribution in [2.45, 2.75) is 57.3 Å². The van der Waals surface area contributed by atoms with Gasteiger partial charge in [-0.2, -0.15) is 23.3 Å². The van der Waals surface area contributed by atoms with Crippen LogP contribution in [0.25, 0.3) is 0 Å². The molecule has 1 atom stereocenters. The highest BCUT2D eigenvalue weighted by molar-refractivity contribution is 5.92. The molecule has 148 valence electrons. The number of aryl methyl sites for hydroxylation is 1. The molecule has 0 spiro atoms. The fraction of sp³-hybridized carbons (Fsp3) is 0.579. The number of hydrogen-bond donors (Lipinski definition) is 1. The Balaban J connectivity index is 1.78. The van der Waals surface area contributed by atoms with E-state index in [1.807, 2.05) is 0 Å². The number of alkyl halides is 3. The molecular formula is C19H23F3N2O3. The maximum absolute atomic E-state index is 13.6. The van der Waals surface area contributed by atoms with Crippen molar-refractivity contribution >= 4 is 11.6 Å². The van der Waals surface area contributed by atoms with E-state index in [0.29, 0.717) is 5.75 Å². The van der Waals surface area contributed by atoms with Crippen molar-refractivity contribution in [3.8, 4) is 5.75 Å². The monoisotopic (exact) mass is 384 g/mol. The van der Waals surface area contributed by atoms with Crippen LogP contribution in [0.1, 0.15) is 44.1 Å². The molecule has 0 saturated heterocycles. The standard InChI is InChI=1S/C19H23F3N2O3/c1-13-7-5-6-10-16(13)27-12-17(25)24-18(26,19(20,21)22)11-15(23-24)14-8-3-2-4-9-14/h5-7,10,14,26H,2-4,8-9,11-12H2,1H3. The smallest absolute Gasteiger partial charge is 0.438 e. The van der Waals surface area contributed by atoms with E-state index < -0.39 is 30.8 Å². The summed E-state index contributed by atoms with van der Waals surface area (Å²) in [6, 6.07) is 6.88. The largest absolute Gasteiger partial charge is 0.483 e. The second kappa shape index (κ2) is 7.50. The molecule has 0 bridgehead atoms. The van der Waals surface area contributed by atoms with E-state index in [2.05, 4.69) is 5.10 Å². The van der Waals surface area contributed by atoms with E-state index in [1.54, 1.807) is 31.2 Å². The second-order valence-electron chi connectivity index (χ2n) is 7.18. The van der Waals surface area contributed by atoms with Crippen LogP contribution in [0.2, 0.25) is 0 Å². The summed E-state index contributed by atoms with van der Waals surface area (Å²) in [5.74, 6) is -0.747. The topological polar surface area (TPSA) is 62.1 Å². The minimum absolute atomic E-state index is 0.122. The van der Waals surface area contributed by atoms with E-state index in [1.165, 1.54) is 0 Å². The minimum atomic E-state index is -5.01. The Bertz CT molecular complexity index is 729. The van der Waals surface area contributed by atoms with Gasteiger partial charge in [-0.05, 0) is 37.3 Å². The van der Waals surface area contributed by atoms with Crippen molar-refractivity contribution in [2.75, 3.05) is 6.61 Å². The molecule has 1 aromatic carbocycles. The molecular weight excluding hydrogens is 361 g/mol. The number of rotatable bonds is 4. The lowest BCUT2D eigenvalue weighted by molar-refractivity contribution is -0.302. The number of carbonyl (C=O) groups excluding carboxylic acids is 1. The quantitative estimate of drug-likeness (QED) is 0.859. The number of aliphatic hydroxyl groups is 1. The van der Waals surface area contributed by atoms with Gasteiger partial charge in [-0.15, -0.1) is 0 Å². The molecule has 0 aromatic heterocycles. The lowest BCUT2D eigenvalue weighted by Gasteiger charge is -2.32. The summed E-state index contributed by atoms with van der Waals surface area (Å²) in [7, 11) is 0. The number of halogens is 3. The second-order valence-corrected chi connectivity index (χ2v) is 7.18. The Morgan fingerprint density at radius 2 is 1.96 bits per heavy atom. The molecule has 27 heavy (non-hydrogen) atoms. The average Bonchev–Trinajstić information content (AvgIpc) is 3.01. The van der Waals surface area contributed by atoms with Crippen LogP contribution in [-0.2, 0) is 4.79 Å². The number of hydrazone groups is 1. The van der Waals surface area contributed by atoms with E-state index in [-0.39, 0.29) is 16.6 Å². The normalized spacial score (nSPS) is 24.0. The van der Waals surface area contributed by atoms with Crippen LogP contribution in [0, 0.1) is 12.8 Å². The highest BCUT2D eigenvalue weighted by atomic mass is 19.4. The first-order valence-corrected chi connectivity index (χ1v) is 9.10. The summed E-state index contributed by atoms with van der Waals surface area (Å²) in [4.78, 5) is 12.5. The van der Waals surface area contributed by atoms with Crippen LogP contribution in [-0.4, -0.2) is 40.2 Å². The van der Waals surface area contributed by atoms with Gasteiger partial charge in [-0.25, -0.2) is 0 Å². The van der Waals surface area contributed by atoms with Crippen molar-refractivity contribution < 1.29 is 27.8 Å². The first kappa shape index (κ1) is 19.7. The molecule has 8 heteroatoms. The highest BCUT2D eigenvalue weighted by Gasteiger charge is 2.63. The maximum Gasteiger partial charge on any atom is 0.438 e. The van der Waals surface area contributed by atoms with Gasteiger partial charge < -0.3 is 9.84 Å². The molecule has 1 aliphatic heterocycles. The van der Waals surface area contributed by atoms with E-state index in [4.69, 9.17) is 4.74 Å². The van der Waals surface area contributed by atoms with Crippen LogP contribution in [0.5, 0.6) is 5.75 Å². The molecule has 5 nitrogen and oxygen atoms in total. The molecule has 1 saturated carbocycles. The van der Waals surface area contributed by atoms with E-state index >= 15 is 0 Å².